The molecule has 0 spiro atoms. The van der Waals surface area contributed by atoms with Crippen LogP contribution in [0.4, 0.5) is 5.13 Å². The normalized spacial score (nSPS) is 17.2. The molecule has 1 fully saturated rings. The van der Waals surface area contributed by atoms with Crippen molar-refractivity contribution < 1.29 is 9.59 Å². The van der Waals surface area contributed by atoms with E-state index in [0.717, 1.165) is 34.5 Å². The van der Waals surface area contributed by atoms with E-state index < -0.39 is 0 Å². The Labute approximate surface area is 158 Å². The molecule has 1 saturated heterocycles. The van der Waals surface area contributed by atoms with Crippen LogP contribution >= 0.6 is 11.3 Å². The molecule has 3 rings (SSSR count). The van der Waals surface area contributed by atoms with Gasteiger partial charge < -0.3 is 10.2 Å². The van der Waals surface area contributed by atoms with Crippen molar-refractivity contribution in [2.24, 2.45) is 5.92 Å². The Morgan fingerprint density at radius 3 is 2.46 bits per heavy atom. The minimum Gasteiger partial charge on any atom is -0.338 e. The third-order valence-corrected chi connectivity index (χ3v) is 5.79. The van der Waals surface area contributed by atoms with Crippen LogP contribution in [0.25, 0.3) is 0 Å². The lowest BCUT2D eigenvalue weighted by atomic mass is 9.96. The van der Waals surface area contributed by atoms with E-state index in [4.69, 9.17) is 0 Å². The number of benzene rings is 1. The van der Waals surface area contributed by atoms with Gasteiger partial charge in [-0.25, -0.2) is 4.98 Å². The quantitative estimate of drug-likeness (QED) is 0.891. The van der Waals surface area contributed by atoms with Gasteiger partial charge in [0.2, 0.25) is 5.91 Å². The number of likely N-dealkylation sites (tertiary alicyclic amines) is 1. The van der Waals surface area contributed by atoms with Crippen molar-refractivity contribution in [3.05, 3.63) is 45.5 Å². The summed E-state index contributed by atoms with van der Waals surface area (Å²) in [4.78, 5) is 32.8. The molecule has 138 valence electrons. The number of rotatable bonds is 3. The third kappa shape index (κ3) is 4.12. The van der Waals surface area contributed by atoms with Gasteiger partial charge in [0.15, 0.2) is 5.13 Å². The smallest absolute Gasteiger partial charge is 0.253 e. The van der Waals surface area contributed by atoms with E-state index in [2.05, 4.69) is 16.4 Å². The molecule has 1 aromatic heterocycles. The summed E-state index contributed by atoms with van der Waals surface area (Å²) in [6, 6.07) is 5.89. The molecule has 2 aromatic rings. The standard InChI is InChI=1S/C20H25N3O2S/c1-12-8-13(2)10-17(9-12)19(25)23-7-5-6-16(11-23)18(24)22-20-21-14(3)15(4)26-20/h8-10,16H,5-7,11H2,1-4H3,(H,21,22,24)/t16-/m1/s1. The first-order valence-electron chi connectivity index (χ1n) is 8.96. The molecule has 0 radical (unpaired) electrons. The lowest BCUT2D eigenvalue weighted by Crippen LogP contribution is -2.43. The molecule has 0 unspecified atom stereocenters. The van der Waals surface area contributed by atoms with Crippen LogP contribution < -0.4 is 5.32 Å². The van der Waals surface area contributed by atoms with Gasteiger partial charge in [-0.05, 0) is 52.7 Å². The van der Waals surface area contributed by atoms with Crippen LogP contribution in [0.1, 0.15) is 44.9 Å². The van der Waals surface area contributed by atoms with Gasteiger partial charge in [-0.1, -0.05) is 17.2 Å². The van der Waals surface area contributed by atoms with E-state index in [1.54, 1.807) is 4.90 Å². The van der Waals surface area contributed by atoms with Crippen LogP contribution in [0.15, 0.2) is 18.2 Å². The van der Waals surface area contributed by atoms with Gasteiger partial charge in [-0.3, -0.25) is 9.59 Å². The van der Waals surface area contributed by atoms with Crippen molar-refractivity contribution in [1.29, 1.82) is 0 Å². The summed E-state index contributed by atoms with van der Waals surface area (Å²) >= 11 is 1.49. The molecule has 1 atom stereocenters. The second-order valence-corrected chi connectivity index (χ2v) is 8.32. The highest BCUT2D eigenvalue weighted by Gasteiger charge is 2.29. The molecule has 2 amide bonds. The Morgan fingerprint density at radius 1 is 1.15 bits per heavy atom. The van der Waals surface area contributed by atoms with Gasteiger partial charge in [0.25, 0.3) is 5.91 Å². The topological polar surface area (TPSA) is 62.3 Å². The van der Waals surface area contributed by atoms with Crippen molar-refractivity contribution in [3.63, 3.8) is 0 Å². The molecule has 0 saturated carbocycles. The predicted molar refractivity (Wildman–Crippen MR) is 105 cm³/mol. The van der Waals surface area contributed by atoms with Crippen LogP contribution in [0.5, 0.6) is 0 Å². The molecule has 2 heterocycles. The maximum atomic E-state index is 12.9. The van der Waals surface area contributed by atoms with E-state index in [1.807, 2.05) is 39.8 Å². The molecule has 1 aromatic carbocycles. The summed E-state index contributed by atoms with van der Waals surface area (Å²) in [5, 5.41) is 3.56. The van der Waals surface area contributed by atoms with Crippen molar-refractivity contribution in [2.75, 3.05) is 18.4 Å². The number of anilines is 1. The summed E-state index contributed by atoms with van der Waals surface area (Å²) < 4.78 is 0. The average molecular weight is 372 g/mol. The third-order valence-electron chi connectivity index (χ3n) is 4.81. The molecular formula is C20H25N3O2S. The summed E-state index contributed by atoms with van der Waals surface area (Å²) in [5.74, 6) is -0.227. The molecule has 0 bridgehead atoms. The number of nitrogens with zero attached hydrogens (tertiary/aromatic N) is 2. The SMILES string of the molecule is Cc1cc(C)cc(C(=O)N2CCC[C@@H](C(=O)Nc3nc(C)c(C)s3)C2)c1. The number of nitrogens with one attached hydrogen (secondary N) is 1. The Kier molecular flexibility index (Phi) is 5.41. The fourth-order valence-corrected chi connectivity index (χ4v) is 4.21. The van der Waals surface area contributed by atoms with Crippen molar-refractivity contribution in [2.45, 2.75) is 40.5 Å². The van der Waals surface area contributed by atoms with E-state index >= 15 is 0 Å². The Hall–Kier alpha value is -2.21. The van der Waals surface area contributed by atoms with Crippen LogP contribution in [0, 0.1) is 33.6 Å². The molecule has 1 aliphatic rings. The Bertz CT molecular complexity index is 804. The summed E-state index contributed by atoms with van der Waals surface area (Å²) in [5.41, 5.74) is 3.80. The monoisotopic (exact) mass is 371 g/mol. The van der Waals surface area contributed by atoms with Gasteiger partial charge in [-0.15, -0.1) is 11.3 Å². The second-order valence-electron chi connectivity index (χ2n) is 7.12. The van der Waals surface area contributed by atoms with Gasteiger partial charge in [0.05, 0.1) is 11.6 Å². The number of hydrogen-bond donors (Lipinski definition) is 1. The highest BCUT2D eigenvalue weighted by Crippen LogP contribution is 2.24. The molecule has 26 heavy (non-hydrogen) atoms. The number of amides is 2. The molecule has 5 nitrogen and oxygen atoms in total. The number of aromatic nitrogens is 1. The fourth-order valence-electron chi connectivity index (χ4n) is 3.39. The number of aryl methyl sites for hydroxylation is 4. The van der Waals surface area contributed by atoms with E-state index in [9.17, 15) is 9.59 Å². The molecule has 0 aliphatic carbocycles. The van der Waals surface area contributed by atoms with Gasteiger partial charge in [-0.2, -0.15) is 0 Å². The largest absolute Gasteiger partial charge is 0.338 e. The first-order valence-corrected chi connectivity index (χ1v) is 9.77. The van der Waals surface area contributed by atoms with E-state index in [0.29, 0.717) is 23.8 Å². The van der Waals surface area contributed by atoms with E-state index in [-0.39, 0.29) is 17.7 Å². The zero-order valence-electron chi connectivity index (χ0n) is 15.8. The Balaban J connectivity index is 1.68. The summed E-state index contributed by atoms with van der Waals surface area (Å²) in [6.45, 7) is 9.08. The first kappa shape index (κ1) is 18.6. The van der Waals surface area contributed by atoms with Gasteiger partial charge in [0.1, 0.15) is 0 Å². The van der Waals surface area contributed by atoms with Crippen LogP contribution in [-0.2, 0) is 4.79 Å². The number of thiazole rings is 1. The Morgan fingerprint density at radius 2 is 1.85 bits per heavy atom. The number of hydrogen-bond acceptors (Lipinski definition) is 4. The molecule has 6 heteroatoms. The highest BCUT2D eigenvalue weighted by molar-refractivity contribution is 7.15. The molecular weight excluding hydrogens is 346 g/mol. The number of piperidine rings is 1. The van der Waals surface area contributed by atoms with Gasteiger partial charge in [0, 0.05) is 23.5 Å². The predicted octanol–water partition coefficient (Wildman–Crippen LogP) is 3.87. The number of carbonyl (C=O) groups is 2. The molecule has 1 N–H and O–H groups in total. The lowest BCUT2D eigenvalue weighted by molar-refractivity contribution is -0.121. The number of carbonyl (C=O) groups excluding carboxylic acids is 2. The van der Waals surface area contributed by atoms with Gasteiger partial charge >= 0.3 is 0 Å². The summed E-state index contributed by atoms with van der Waals surface area (Å²) in [7, 11) is 0. The maximum Gasteiger partial charge on any atom is 0.253 e. The maximum absolute atomic E-state index is 12.9. The van der Waals surface area contributed by atoms with Crippen LogP contribution in [0.2, 0.25) is 0 Å². The van der Waals surface area contributed by atoms with E-state index in [1.165, 1.54) is 11.3 Å². The zero-order chi connectivity index (χ0) is 18.8. The van der Waals surface area contributed by atoms with Crippen molar-refractivity contribution in [3.8, 4) is 0 Å². The summed E-state index contributed by atoms with van der Waals surface area (Å²) in [6.07, 6.45) is 1.64. The fraction of sp³-hybridized carbons (Fsp3) is 0.450. The molecule has 1 aliphatic heterocycles. The van der Waals surface area contributed by atoms with Crippen molar-refractivity contribution >= 4 is 28.3 Å². The van der Waals surface area contributed by atoms with Crippen molar-refractivity contribution in [1.82, 2.24) is 9.88 Å². The zero-order valence-corrected chi connectivity index (χ0v) is 16.6. The lowest BCUT2D eigenvalue weighted by Gasteiger charge is -2.32. The second kappa shape index (κ2) is 7.58. The first-order chi connectivity index (χ1) is 12.3. The minimum atomic E-state index is -0.192. The van der Waals surface area contributed by atoms with Crippen LogP contribution in [-0.4, -0.2) is 34.8 Å². The highest BCUT2D eigenvalue weighted by atomic mass is 32.1. The van der Waals surface area contributed by atoms with Crippen LogP contribution in [0.3, 0.4) is 0 Å². The minimum absolute atomic E-state index is 0.00948. The average Bonchev–Trinajstić information content (AvgIpc) is 2.91.